The van der Waals surface area contributed by atoms with E-state index in [1.54, 1.807) is 4.90 Å². The molecule has 3 N–H and O–H groups in total. The number of nitrogens with one attached hydrogen (secondary N) is 1. The fourth-order valence-electron chi connectivity index (χ4n) is 2.21. The first-order chi connectivity index (χ1) is 9.13. The van der Waals surface area contributed by atoms with Gasteiger partial charge in [0.2, 0.25) is 5.91 Å². The number of nitrogens with two attached hydrogens (primary N) is 1. The molecule has 0 radical (unpaired) electrons. The van der Waals surface area contributed by atoms with Gasteiger partial charge in [-0.1, -0.05) is 23.7 Å². The summed E-state index contributed by atoms with van der Waals surface area (Å²) >= 11 is 5.96. The van der Waals surface area contributed by atoms with Crippen molar-refractivity contribution >= 4 is 23.3 Å². The van der Waals surface area contributed by atoms with Crippen LogP contribution in [0.3, 0.4) is 0 Å². The van der Waals surface area contributed by atoms with Crippen molar-refractivity contribution in [3.63, 3.8) is 0 Å². The van der Waals surface area contributed by atoms with Crippen LogP contribution in [0.5, 0.6) is 0 Å². The molecule has 0 saturated carbocycles. The minimum Gasteiger partial charge on any atom is -0.326 e. The van der Waals surface area contributed by atoms with Gasteiger partial charge in [-0.3, -0.25) is 14.8 Å². The number of anilines is 1. The van der Waals surface area contributed by atoms with Crippen molar-refractivity contribution < 1.29 is 4.79 Å². The molecule has 5 nitrogen and oxygen atoms in total. The van der Waals surface area contributed by atoms with E-state index in [9.17, 15) is 4.79 Å². The highest BCUT2D eigenvalue weighted by molar-refractivity contribution is 6.30. The van der Waals surface area contributed by atoms with Crippen LogP contribution in [0.4, 0.5) is 5.82 Å². The summed E-state index contributed by atoms with van der Waals surface area (Å²) in [5, 5.41) is 7.75. The number of aromatic nitrogens is 2. The lowest BCUT2D eigenvalue weighted by Gasteiger charge is -2.11. The molecule has 0 bridgehead atoms. The smallest absolute Gasteiger partial charge is 0.229 e. The first-order valence-corrected chi connectivity index (χ1v) is 6.38. The van der Waals surface area contributed by atoms with E-state index in [1.165, 1.54) is 0 Å². The van der Waals surface area contributed by atoms with Crippen molar-refractivity contribution in [3.8, 4) is 11.3 Å². The van der Waals surface area contributed by atoms with E-state index in [2.05, 4.69) is 10.2 Å². The maximum Gasteiger partial charge on any atom is 0.229 e. The van der Waals surface area contributed by atoms with Crippen molar-refractivity contribution in [3.05, 3.63) is 35.4 Å². The lowest BCUT2D eigenvalue weighted by atomic mass is 10.1. The van der Waals surface area contributed by atoms with Gasteiger partial charge in [0.1, 0.15) is 0 Å². The number of carbonyl (C=O) groups is 1. The van der Waals surface area contributed by atoms with Crippen LogP contribution >= 0.6 is 11.6 Å². The Bertz CT molecular complexity index is 625. The number of amides is 1. The highest BCUT2D eigenvalue weighted by Gasteiger charge is 2.29. The Hall–Kier alpha value is -1.85. The Kier molecular flexibility index (Phi) is 3.00. The Morgan fingerprint density at radius 1 is 1.42 bits per heavy atom. The van der Waals surface area contributed by atoms with E-state index in [0.717, 1.165) is 11.3 Å². The summed E-state index contributed by atoms with van der Waals surface area (Å²) in [5.41, 5.74) is 7.53. The third-order valence-corrected chi connectivity index (χ3v) is 3.37. The van der Waals surface area contributed by atoms with Crippen molar-refractivity contribution in [2.24, 2.45) is 5.73 Å². The second-order valence-electron chi connectivity index (χ2n) is 4.62. The van der Waals surface area contributed by atoms with E-state index < -0.39 is 0 Å². The van der Waals surface area contributed by atoms with Crippen LogP contribution in [0.1, 0.15) is 6.42 Å². The monoisotopic (exact) mass is 276 g/mol. The Morgan fingerprint density at radius 2 is 2.26 bits per heavy atom. The zero-order valence-corrected chi connectivity index (χ0v) is 10.9. The Balaban J connectivity index is 1.90. The second kappa shape index (κ2) is 4.68. The summed E-state index contributed by atoms with van der Waals surface area (Å²) < 4.78 is 0. The molecule has 1 aromatic carbocycles. The molecule has 0 spiro atoms. The van der Waals surface area contributed by atoms with Crippen molar-refractivity contribution in [1.82, 2.24) is 10.2 Å². The summed E-state index contributed by atoms with van der Waals surface area (Å²) in [7, 11) is 0. The number of nitrogens with zero attached hydrogens (tertiary/aromatic N) is 2. The summed E-state index contributed by atoms with van der Waals surface area (Å²) in [6.07, 6.45) is 0.374. The zero-order chi connectivity index (χ0) is 13.4. The van der Waals surface area contributed by atoms with E-state index in [1.807, 2.05) is 30.3 Å². The average Bonchev–Trinajstić information content (AvgIpc) is 2.96. The number of halogens is 1. The number of carbonyl (C=O) groups excluding carboxylic acids is 1. The van der Waals surface area contributed by atoms with Gasteiger partial charge in [-0.05, 0) is 12.1 Å². The number of aromatic amines is 1. The lowest BCUT2D eigenvalue weighted by molar-refractivity contribution is -0.117. The molecule has 0 aliphatic carbocycles. The van der Waals surface area contributed by atoms with Gasteiger partial charge in [-0.25, -0.2) is 0 Å². The minimum absolute atomic E-state index is 0.0108. The topological polar surface area (TPSA) is 75.0 Å². The van der Waals surface area contributed by atoms with Gasteiger partial charge in [0.25, 0.3) is 0 Å². The Morgan fingerprint density at radius 3 is 2.95 bits per heavy atom. The Labute approximate surface area is 115 Å². The van der Waals surface area contributed by atoms with Crippen LogP contribution in [0, 0.1) is 0 Å². The van der Waals surface area contributed by atoms with Gasteiger partial charge in [-0.15, -0.1) is 0 Å². The summed E-state index contributed by atoms with van der Waals surface area (Å²) in [5.74, 6) is 0.615. The summed E-state index contributed by atoms with van der Waals surface area (Å²) in [6, 6.07) is 9.18. The molecule has 98 valence electrons. The van der Waals surface area contributed by atoms with Gasteiger partial charge in [0.15, 0.2) is 5.82 Å². The standard InChI is InChI=1S/C13H13ClN4O/c14-9-3-1-2-8(4-9)11-6-12(17-16-11)18-7-10(15)5-13(18)19/h1-4,6,10H,5,7,15H2,(H,16,17). The number of hydrogen-bond donors (Lipinski definition) is 2. The van der Waals surface area contributed by atoms with Crippen LogP contribution in [-0.2, 0) is 4.79 Å². The molecular formula is C13H13ClN4O. The average molecular weight is 277 g/mol. The predicted octanol–water partition coefficient (Wildman–Crippen LogP) is 1.79. The van der Waals surface area contributed by atoms with Crippen LogP contribution in [-0.4, -0.2) is 28.7 Å². The summed E-state index contributed by atoms with van der Waals surface area (Å²) in [6.45, 7) is 0.513. The largest absolute Gasteiger partial charge is 0.326 e. The minimum atomic E-state index is -0.112. The van der Waals surface area contributed by atoms with Crippen LogP contribution in [0.2, 0.25) is 5.02 Å². The maximum absolute atomic E-state index is 11.8. The van der Waals surface area contributed by atoms with Gasteiger partial charge >= 0.3 is 0 Å². The highest BCUT2D eigenvalue weighted by atomic mass is 35.5. The zero-order valence-electron chi connectivity index (χ0n) is 10.1. The van der Waals surface area contributed by atoms with E-state index in [4.69, 9.17) is 17.3 Å². The number of H-pyrrole nitrogens is 1. The second-order valence-corrected chi connectivity index (χ2v) is 5.06. The predicted molar refractivity (Wildman–Crippen MR) is 74.0 cm³/mol. The van der Waals surface area contributed by atoms with E-state index in [0.29, 0.717) is 23.8 Å². The van der Waals surface area contributed by atoms with Gasteiger partial charge in [-0.2, -0.15) is 5.10 Å². The first kappa shape index (κ1) is 12.2. The van der Waals surface area contributed by atoms with Crippen molar-refractivity contribution in [2.75, 3.05) is 11.4 Å². The molecule has 1 fully saturated rings. The number of benzene rings is 1. The molecule has 19 heavy (non-hydrogen) atoms. The van der Waals surface area contributed by atoms with Crippen molar-refractivity contribution in [1.29, 1.82) is 0 Å². The fourth-order valence-corrected chi connectivity index (χ4v) is 2.40. The van der Waals surface area contributed by atoms with E-state index in [-0.39, 0.29) is 11.9 Å². The van der Waals surface area contributed by atoms with Gasteiger partial charge in [0, 0.05) is 35.7 Å². The van der Waals surface area contributed by atoms with Crippen LogP contribution < -0.4 is 10.6 Å². The highest BCUT2D eigenvalue weighted by Crippen LogP contribution is 2.26. The van der Waals surface area contributed by atoms with Crippen molar-refractivity contribution in [2.45, 2.75) is 12.5 Å². The van der Waals surface area contributed by atoms with E-state index >= 15 is 0 Å². The molecule has 2 aromatic rings. The molecule has 6 heteroatoms. The molecule has 1 saturated heterocycles. The molecule has 1 atom stereocenters. The first-order valence-electron chi connectivity index (χ1n) is 6.01. The lowest BCUT2D eigenvalue weighted by Crippen LogP contribution is -2.28. The third-order valence-electron chi connectivity index (χ3n) is 3.13. The molecular weight excluding hydrogens is 264 g/mol. The fraction of sp³-hybridized carbons (Fsp3) is 0.231. The third kappa shape index (κ3) is 2.34. The maximum atomic E-state index is 11.8. The molecule has 2 heterocycles. The molecule has 3 rings (SSSR count). The number of hydrogen-bond acceptors (Lipinski definition) is 3. The van der Waals surface area contributed by atoms with Crippen LogP contribution in [0.15, 0.2) is 30.3 Å². The number of rotatable bonds is 2. The molecule has 1 aliphatic heterocycles. The van der Waals surface area contributed by atoms with Gasteiger partial charge < -0.3 is 5.73 Å². The SMILES string of the molecule is NC1CC(=O)N(c2cc(-c3cccc(Cl)c3)[nH]n2)C1. The molecule has 1 unspecified atom stereocenters. The quantitative estimate of drug-likeness (QED) is 0.878. The molecule has 1 aromatic heterocycles. The normalized spacial score (nSPS) is 19.2. The van der Waals surface area contributed by atoms with Crippen LogP contribution in [0.25, 0.3) is 11.3 Å². The van der Waals surface area contributed by atoms with Gasteiger partial charge in [0.05, 0.1) is 5.69 Å². The molecule has 1 amide bonds. The molecule has 1 aliphatic rings. The summed E-state index contributed by atoms with van der Waals surface area (Å²) in [4.78, 5) is 13.4.